The molecule has 10 atom stereocenters. The van der Waals surface area contributed by atoms with E-state index < -0.39 is 47.9 Å². The molecule has 1 spiro atoms. The molecular weight excluding hydrogens is 933 g/mol. The number of hydrogen-bond acceptors (Lipinski definition) is 11. The molecular formula is C63H68O11. The highest BCUT2D eigenvalue weighted by Gasteiger charge is 2.63. The molecule has 4 aromatic carbocycles. The Hall–Kier alpha value is -6.11. The lowest BCUT2D eigenvalue weighted by molar-refractivity contribution is -0.213. The van der Waals surface area contributed by atoms with Crippen molar-refractivity contribution >= 4 is 22.9 Å². The summed E-state index contributed by atoms with van der Waals surface area (Å²) in [5.41, 5.74) is 6.85. The summed E-state index contributed by atoms with van der Waals surface area (Å²) in [7, 11) is 1.51. The molecule has 0 radical (unpaired) electrons. The van der Waals surface area contributed by atoms with E-state index in [1.165, 1.54) is 29.4 Å². The summed E-state index contributed by atoms with van der Waals surface area (Å²) in [5, 5.41) is 32.3. The van der Waals surface area contributed by atoms with Gasteiger partial charge in [-0.25, -0.2) is 9.59 Å². The Morgan fingerprint density at radius 1 is 0.824 bits per heavy atom. The predicted octanol–water partition coefficient (Wildman–Crippen LogP) is 10.3. The molecule has 0 amide bonds. The normalized spacial score (nSPS) is 28.4. The number of esters is 2. The van der Waals surface area contributed by atoms with Crippen LogP contribution in [0.5, 0.6) is 5.75 Å². The third kappa shape index (κ3) is 9.28. The quantitative estimate of drug-likeness (QED) is 0.0528. The van der Waals surface area contributed by atoms with E-state index in [1.54, 1.807) is 13.0 Å². The molecule has 1 fully saturated rings. The van der Waals surface area contributed by atoms with Gasteiger partial charge >= 0.3 is 17.6 Å². The van der Waals surface area contributed by atoms with Crippen molar-refractivity contribution in [1.29, 1.82) is 0 Å². The number of hydrogen-bond donors (Lipinski definition) is 3. The second-order valence-corrected chi connectivity index (χ2v) is 21.9. The average molecular weight is 1000 g/mol. The van der Waals surface area contributed by atoms with Crippen LogP contribution in [0.1, 0.15) is 139 Å². The van der Waals surface area contributed by atoms with Crippen LogP contribution in [0, 0.1) is 23.7 Å². The summed E-state index contributed by atoms with van der Waals surface area (Å²) in [4.78, 5) is 45.3. The van der Waals surface area contributed by atoms with E-state index in [2.05, 4.69) is 91.0 Å². The molecule has 11 heteroatoms. The number of carbonyl (C=O) groups excluding carboxylic acids is 2. The molecule has 10 unspecified atom stereocenters. The summed E-state index contributed by atoms with van der Waals surface area (Å²) in [5.74, 6) is -1.58. The Balaban J connectivity index is 1.11. The number of allylic oxidation sites excluding steroid dienone is 3. The van der Waals surface area contributed by atoms with Gasteiger partial charge in [0.15, 0.2) is 17.8 Å². The number of aliphatic hydroxyl groups is 3. The highest BCUT2D eigenvalue weighted by molar-refractivity contribution is 5.90. The number of fused-ring (bicyclic) bond motifs is 8. The maximum Gasteiger partial charge on any atom is 0.340 e. The van der Waals surface area contributed by atoms with Crippen LogP contribution >= 0.6 is 0 Å². The predicted molar refractivity (Wildman–Crippen MR) is 281 cm³/mol. The SMILES string of the molecule is COCC(CCO)c1c(CO)c2ccc3c(c2oc1=O)C1OC(=O)CC2CC(c4cccc(Cc5ccccc5)c4)C=CC2c2ccc4c(c2)CCC2CCCC5C=CCC(O3)(C1OC(=O)C(=C(C)CO)CC4)C52. The van der Waals surface area contributed by atoms with Crippen LogP contribution in [0.25, 0.3) is 11.0 Å². The fourth-order valence-electron chi connectivity index (χ4n) is 14.2. The number of ether oxygens (including phenoxy) is 4. The first-order chi connectivity index (χ1) is 36.1. The highest BCUT2D eigenvalue weighted by Crippen LogP contribution is 2.58. The zero-order valence-corrected chi connectivity index (χ0v) is 42.5. The van der Waals surface area contributed by atoms with Gasteiger partial charge in [-0.15, -0.1) is 0 Å². The molecule has 74 heavy (non-hydrogen) atoms. The summed E-state index contributed by atoms with van der Waals surface area (Å²) in [6, 6.07) is 29.6. The van der Waals surface area contributed by atoms with Gasteiger partial charge < -0.3 is 38.7 Å². The largest absolute Gasteiger partial charge is 0.482 e. The van der Waals surface area contributed by atoms with Gasteiger partial charge in [0.1, 0.15) is 11.3 Å². The van der Waals surface area contributed by atoms with Crippen molar-refractivity contribution in [3.8, 4) is 5.75 Å². The van der Waals surface area contributed by atoms with Crippen molar-refractivity contribution in [2.75, 3.05) is 26.9 Å². The Morgan fingerprint density at radius 3 is 2.49 bits per heavy atom. The van der Waals surface area contributed by atoms with Gasteiger partial charge in [-0.3, -0.25) is 4.79 Å². The molecule has 11 rings (SSSR count). The molecule has 4 heterocycles. The van der Waals surface area contributed by atoms with Crippen LogP contribution in [0.15, 0.2) is 130 Å². The fourth-order valence-corrected chi connectivity index (χ4v) is 14.2. The van der Waals surface area contributed by atoms with E-state index in [9.17, 15) is 20.1 Å². The first-order valence-corrected chi connectivity index (χ1v) is 26.9. The topological polar surface area (TPSA) is 162 Å². The highest BCUT2D eigenvalue weighted by atomic mass is 16.6. The number of methoxy groups -OCH3 is 1. The Kier molecular flexibility index (Phi) is 14.4. The molecule has 3 aliphatic heterocycles. The lowest BCUT2D eigenvalue weighted by Crippen LogP contribution is -2.64. The van der Waals surface area contributed by atoms with E-state index in [4.69, 9.17) is 23.4 Å². The van der Waals surface area contributed by atoms with E-state index in [1.807, 2.05) is 12.1 Å². The minimum absolute atomic E-state index is 0.0260. The van der Waals surface area contributed by atoms with Crippen LogP contribution in [-0.4, -0.2) is 65.9 Å². The summed E-state index contributed by atoms with van der Waals surface area (Å²) >= 11 is 0. The standard InChI is InChI=1S/C63H68O11/c1-37(34-65)49-22-20-40-16-19-46-31-44(40)18-17-42-13-7-12-41-15-8-27-63(57(41)42)60(73-61(49)68)59(56-53(74-63)25-24-51-52(35-66)55(62(69)72-58(51)56)47(26-28-64)36-70-2)71-54(67)33-48-32-45(21-23-50(46)48)43-14-6-11-39(30-43)29-38-9-4-3-5-10-38/h3-6,8-11,14-16,19,21,23-25,30-31,41-42,45,47-48,50,57,59-60,64-66H,7,12-13,17-18,20,22,26-29,32-36H2,1-2H3. The number of carbonyl (C=O) groups is 2. The van der Waals surface area contributed by atoms with Gasteiger partial charge in [0.2, 0.25) is 0 Å². The number of aryl methyl sites for hydroxylation is 2. The molecule has 11 nitrogen and oxygen atoms in total. The van der Waals surface area contributed by atoms with Gasteiger partial charge in [0.25, 0.3) is 0 Å². The monoisotopic (exact) mass is 1000 g/mol. The van der Waals surface area contributed by atoms with Crippen molar-refractivity contribution in [3.63, 3.8) is 0 Å². The molecule has 5 aromatic rings. The molecule has 1 saturated carbocycles. The lowest BCUT2D eigenvalue weighted by atomic mass is 9.57. The Labute approximate surface area is 432 Å². The van der Waals surface area contributed by atoms with E-state index in [-0.39, 0.29) is 84.9 Å². The van der Waals surface area contributed by atoms with Crippen molar-refractivity contribution in [2.24, 2.45) is 23.7 Å². The van der Waals surface area contributed by atoms with Crippen molar-refractivity contribution in [1.82, 2.24) is 0 Å². The molecule has 386 valence electrons. The zero-order valence-electron chi connectivity index (χ0n) is 42.5. The van der Waals surface area contributed by atoms with Crippen LogP contribution in [0.3, 0.4) is 0 Å². The Morgan fingerprint density at radius 2 is 1.68 bits per heavy atom. The molecule has 5 bridgehead atoms. The smallest absolute Gasteiger partial charge is 0.340 e. The van der Waals surface area contributed by atoms with Gasteiger partial charge in [0, 0.05) is 66.8 Å². The van der Waals surface area contributed by atoms with Gasteiger partial charge in [0.05, 0.1) is 25.4 Å². The van der Waals surface area contributed by atoms with Gasteiger partial charge in [-0.1, -0.05) is 104 Å². The molecule has 0 saturated heterocycles. The minimum atomic E-state index is -1.32. The Bertz CT molecular complexity index is 3070. The summed E-state index contributed by atoms with van der Waals surface area (Å²) in [6.07, 6.45) is 14.0. The number of benzene rings is 4. The number of rotatable bonds is 10. The third-order valence-electron chi connectivity index (χ3n) is 17.6. The fraction of sp³-hybridized carbons (Fsp3) is 0.444. The van der Waals surface area contributed by atoms with Crippen LogP contribution in [-0.2, 0) is 49.7 Å². The maximum absolute atomic E-state index is 15.5. The average Bonchev–Trinajstić information content (AvgIpc) is 3.43. The van der Waals surface area contributed by atoms with Crippen LogP contribution in [0.4, 0.5) is 0 Å². The van der Waals surface area contributed by atoms with E-state index >= 15 is 9.59 Å². The summed E-state index contributed by atoms with van der Waals surface area (Å²) in [6.45, 7) is 0.739. The number of aliphatic hydroxyl groups excluding tert-OH is 3. The third-order valence-corrected chi connectivity index (χ3v) is 17.6. The van der Waals surface area contributed by atoms with Gasteiger partial charge in [-0.2, -0.15) is 0 Å². The zero-order chi connectivity index (χ0) is 51.1. The van der Waals surface area contributed by atoms with E-state index in [0.29, 0.717) is 53.5 Å². The second kappa shape index (κ2) is 21.3. The molecule has 1 aromatic heterocycles. The van der Waals surface area contributed by atoms with Gasteiger partial charge in [-0.05, 0) is 139 Å². The lowest BCUT2D eigenvalue weighted by Gasteiger charge is -2.56. The van der Waals surface area contributed by atoms with E-state index in [0.717, 1.165) is 49.7 Å². The van der Waals surface area contributed by atoms with Crippen molar-refractivity contribution in [2.45, 2.75) is 126 Å². The minimum Gasteiger partial charge on any atom is -0.482 e. The van der Waals surface area contributed by atoms with Crippen molar-refractivity contribution in [3.05, 3.63) is 181 Å². The maximum atomic E-state index is 15.5. The first-order valence-electron chi connectivity index (χ1n) is 26.9. The van der Waals surface area contributed by atoms with Crippen molar-refractivity contribution < 1.29 is 48.3 Å². The molecule has 3 N–H and O–H groups in total. The summed E-state index contributed by atoms with van der Waals surface area (Å²) < 4.78 is 33.5. The first kappa shape index (κ1) is 50.1. The van der Waals surface area contributed by atoms with Crippen LogP contribution < -0.4 is 10.4 Å². The molecule has 3 aliphatic carbocycles. The molecule has 6 aliphatic rings. The second-order valence-electron chi connectivity index (χ2n) is 21.9. The van der Waals surface area contributed by atoms with Crippen LogP contribution in [0.2, 0.25) is 0 Å².